The van der Waals surface area contributed by atoms with Crippen LogP contribution in [0.15, 0.2) is 18.2 Å². The summed E-state index contributed by atoms with van der Waals surface area (Å²) >= 11 is 0. The van der Waals surface area contributed by atoms with E-state index < -0.39 is 46.1 Å². The summed E-state index contributed by atoms with van der Waals surface area (Å²) in [6.45, 7) is 6.32. The molecule has 0 radical (unpaired) electrons. The van der Waals surface area contributed by atoms with Gasteiger partial charge in [-0.05, 0) is 32.4 Å². The van der Waals surface area contributed by atoms with Gasteiger partial charge >= 0.3 is 17.7 Å². The maximum absolute atomic E-state index is 13.7. The number of benzene rings is 1. The second kappa shape index (κ2) is 7.24. The number of alkyl carbamates (subject to hydrolysis) is 1. The molecule has 0 saturated carbocycles. The van der Waals surface area contributed by atoms with Crippen molar-refractivity contribution in [2.75, 3.05) is 0 Å². The minimum absolute atomic E-state index is 0.196. The molecular weight excluding hydrogens is 323 g/mol. The number of carbonyl (C=O) groups is 2. The third-order valence-corrected chi connectivity index (χ3v) is 3.13. The molecule has 1 rings (SSSR count). The quantitative estimate of drug-likeness (QED) is 0.627. The molecule has 2 atom stereocenters. The van der Waals surface area contributed by atoms with E-state index in [0.29, 0.717) is 0 Å². The van der Waals surface area contributed by atoms with Crippen LogP contribution < -0.4 is 5.32 Å². The van der Waals surface area contributed by atoms with Gasteiger partial charge in [-0.3, -0.25) is 10.1 Å². The van der Waals surface area contributed by atoms with Crippen LogP contribution in [0.3, 0.4) is 0 Å². The lowest BCUT2D eigenvalue weighted by molar-refractivity contribution is -0.387. The molecule has 8 nitrogen and oxygen atoms in total. The van der Waals surface area contributed by atoms with Crippen LogP contribution in [0.1, 0.15) is 39.2 Å². The molecule has 9 heteroatoms. The number of nitro groups is 1. The summed E-state index contributed by atoms with van der Waals surface area (Å²) in [5.41, 5.74) is -1.32. The van der Waals surface area contributed by atoms with Gasteiger partial charge in [0.05, 0.1) is 4.92 Å². The van der Waals surface area contributed by atoms with Gasteiger partial charge in [-0.25, -0.2) is 9.59 Å². The molecule has 0 bridgehead atoms. The predicted molar refractivity (Wildman–Crippen MR) is 82.3 cm³/mol. The molecule has 0 saturated heterocycles. The van der Waals surface area contributed by atoms with E-state index in [-0.39, 0.29) is 5.56 Å². The second-order valence-electron chi connectivity index (χ2n) is 6.22. The first-order valence-corrected chi connectivity index (χ1v) is 7.08. The van der Waals surface area contributed by atoms with E-state index in [4.69, 9.17) is 4.74 Å². The first-order valence-electron chi connectivity index (χ1n) is 7.08. The number of rotatable bonds is 5. The topological polar surface area (TPSA) is 119 Å². The lowest BCUT2D eigenvalue weighted by Crippen LogP contribution is -2.46. The minimum Gasteiger partial charge on any atom is -0.480 e. The highest BCUT2D eigenvalue weighted by Gasteiger charge is 2.30. The van der Waals surface area contributed by atoms with E-state index in [1.165, 1.54) is 13.0 Å². The smallest absolute Gasteiger partial charge is 0.408 e. The van der Waals surface area contributed by atoms with Crippen LogP contribution in [0.5, 0.6) is 0 Å². The maximum atomic E-state index is 13.7. The van der Waals surface area contributed by atoms with E-state index in [2.05, 4.69) is 5.32 Å². The number of hydrogen-bond donors (Lipinski definition) is 2. The summed E-state index contributed by atoms with van der Waals surface area (Å²) in [5, 5.41) is 22.1. The highest BCUT2D eigenvalue weighted by molar-refractivity contribution is 5.81. The normalized spacial score (nSPS) is 13.7. The number of nitrogens with one attached hydrogen (secondary N) is 1. The van der Waals surface area contributed by atoms with Crippen molar-refractivity contribution in [3.05, 3.63) is 39.7 Å². The zero-order chi connectivity index (χ0) is 18.7. The van der Waals surface area contributed by atoms with E-state index in [0.717, 1.165) is 12.1 Å². The Hall–Kier alpha value is -2.71. The maximum Gasteiger partial charge on any atom is 0.408 e. The zero-order valence-electron chi connectivity index (χ0n) is 13.7. The van der Waals surface area contributed by atoms with E-state index in [9.17, 15) is 29.2 Å². The van der Waals surface area contributed by atoms with E-state index in [1.807, 2.05) is 0 Å². The predicted octanol–water partition coefficient (Wildman–Crippen LogP) is 2.82. The number of ether oxygens (including phenoxy) is 1. The van der Waals surface area contributed by atoms with Crippen LogP contribution in [0.4, 0.5) is 14.9 Å². The van der Waals surface area contributed by atoms with Gasteiger partial charge < -0.3 is 15.2 Å². The third-order valence-electron chi connectivity index (χ3n) is 3.13. The molecule has 0 unspecified atom stereocenters. The summed E-state index contributed by atoms with van der Waals surface area (Å²) in [4.78, 5) is 32.9. The Labute approximate surface area is 137 Å². The van der Waals surface area contributed by atoms with Gasteiger partial charge in [0.2, 0.25) is 5.82 Å². The van der Waals surface area contributed by atoms with Gasteiger partial charge in [0.15, 0.2) is 0 Å². The van der Waals surface area contributed by atoms with E-state index >= 15 is 0 Å². The molecule has 132 valence electrons. The van der Waals surface area contributed by atoms with Crippen LogP contribution in [0, 0.1) is 15.9 Å². The van der Waals surface area contributed by atoms with Crippen molar-refractivity contribution in [1.82, 2.24) is 5.32 Å². The van der Waals surface area contributed by atoms with Crippen LogP contribution in [0.2, 0.25) is 0 Å². The monoisotopic (exact) mass is 342 g/mol. The highest BCUT2D eigenvalue weighted by Crippen LogP contribution is 2.25. The molecule has 0 aliphatic heterocycles. The lowest BCUT2D eigenvalue weighted by atomic mass is 9.93. The van der Waals surface area contributed by atoms with Gasteiger partial charge in [-0.15, -0.1) is 0 Å². The van der Waals surface area contributed by atoms with Crippen molar-refractivity contribution in [3.63, 3.8) is 0 Å². The first-order chi connectivity index (χ1) is 10.9. The number of nitrogens with zero attached hydrogens (tertiary/aromatic N) is 1. The van der Waals surface area contributed by atoms with Gasteiger partial charge in [0, 0.05) is 12.0 Å². The van der Waals surface area contributed by atoms with Crippen LogP contribution >= 0.6 is 0 Å². The average Bonchev–Trinajstić information content (AvgIpc) is 2.41. The van der Waals surface area contributed by atoms with Gasteiger partial charge in [0.1, 0.15) is 11.6 Å². The number of carboxylic acid groups (broad SMARTS) is 1. The van der Waals surface area contributed by atoms with Gasteiger partial charge in [-0.2, -0.15) is 4.39 Å². The fourth-order valence-corrected chi connectivity index (χ4v) is 1.98. The van der Waals surface area contributed by atoms with Gasteiger partial charge in [-0.1, -0.05) is 13.0 Å². The number of aliphatic carboxylic acids is 1. The van der Waals surface area contributed by atoms with Crippen molar-refractivity contribution >= 4 is 17.7 Å². The molecule has 0 aliphatic carbocycles. The summed E-state index contributed by atoms with van der Waals surface area (Å²) in [5.74, 6) is -3.26. The summed E-state index contributed by atoms with van der Waals surface area (Å²) < 4.78 is 18.7. The Bertz CT molecular complexity index is 656. The molecule has 0 aromatic heterocycles. The van der Waals surface area contributed by atoms with E-state index in [1.54, 1.807) is 20.8 Å². The second-order valence-corrected chi connectivity index (χ2v) is 6.22. The standard InChI is InChI=1S/C15H19FN2O6/c1-8(9-5-6-11(18(22)23)10(16)7-9)12(13(19)20)17-14(21)24-15(2,3)4/h5-8,12H,1-4H3,(H,17,21)(H,19,20)/t8-,12+/m0/s1. The number of amides is 1. The van der Waals surface area contributed by atoms with Crippen molar-refractivity contribution in [1.29, 1.82) is 0 Å². The molecule has 24 heavy (non-hydrogen) atoms. The van der Waals surface area contributed by atoms with Gasteiger partial charge in [0.25, 0.3) is 0 Å². The molecule has 1 aromatic rings. The fourth-order valence-electron chi connectivity index (χ4n) is 1.98. The number of halogens is 1. The Morgan fingerprint density at radius 2 is 1.96 bits per heavy atom. The summed E-state index contributed by atoms with van der Waals surface area (Å²) in [6, 6.07) is 1.70. The lowest BCUT2D eigenvalue weighted by Gasteiger charge is -2.25. The number of nitro benzene ring substituents is 1. The molecule has 2 N–H and O–H groups in total. The zero-order valence-corrected chi connectivity index (χ0v) is 13.7. The molecule has 0 spiro atoms. The molecule has 1 amide bonds. The fraction of sp³-hybridized carbons (Fsp3) is 0.467. The van der Waals surface area contributed by atoms with Crippen molar-refractivity contribution in [2.24, 2.45) is 0 Å². The SMILES string of the molecule is C[C@@H](c1ccc([N+](=O)[O-])c(F)c1)[C@@H](NC(=O)OC(C)(C)C)C(=O)O. The number of carbonyl (C=O) groups excluding carboxylic acids is 1. The molecule has 0 heterocycles. The molecule has 0 aliphatic rings. The largest absolute Gasteiger partial charge is 0.480 e. The average molecular weight is 342 g/mol. The minimum atomic E-state index is -1.39. The highest BCUT2D eigenvalue weighted by atomic mass is 19.1. The Morgan fingerprint density at radius 1 is 1.38 bits per heavy atom. The Balaban J connectivity index is 3.00. The number of hydrogen-bond acceptors (Lipinski definition) is 5. The summed E-state index contributed by atoms with van der Waals surface area (Å²) in [6.07, 6.45) is -0.927. The van der Waals surface area contributed by atoms with Crippen LogP contribution in [-0.2, 0) is 9.53 Å². The summed E-state index contributed by atoms with van der Waals surface area (Å²) in [7, 11) is 0. The van der Waals surface area contributed by atoms with Crippen LogP contribution in [0.25, 0.3) is 0 Å². The van der Waals surface area contributed by atoms with Crippen LogP contribution in [-0.4, -0.2) is 33.7 Å². The molecule has 1 aromatic carbocycles. The molecular formula is C15H19FN2O6. The third kappa shape index (κ3) is 5.18. The molecule has 0 fully saturated rings. The number of carboxylic acids is 1. The first kappa shape index (κ1) is 19.3. The Kier molecular flexibility index (Phi) is 5.83. The Morgan fingerprint density at radius 3 is 2.38 bits per heavy atom. The van der Waals surface area contributed by atoms with Crippen molar-refractivity contribution < 1.29 is 28.7 Å². The van der Waals surface area contributed by atoms with Crippen molar-refractivity contribution in [3.8, 4) is 0 Å². The van der Waals surface area contributed by atoms with Crippen molar-refractivity contribution in [2.45, 2.75) is 45.3 Å².